The maximum absolute atomic E-state index is 6.03. The first kappa shape index (κ1) is 10.9. The Morgan fingerprint density at radius 1 is 0.789 bits per heavy atom. The molecular weight excluding hydrogens is 256 g/mol. The summed E-state index contributed by atoms with van der Waals surface area (Å²) in [5.74, 6) is 0. The highest BCUT2D eigenvalue weighted by molar-refractivity contribution is 6.80. The van der Waals surface area contributed by atoms with Crippen LogP contribution >= 0.6 is 11.6 Å². The smallest absolute Gasteiger partial charge is 0.142 e. The van der Waals surface area contributed by atoms with Gasteiger partial charge in [-0.3, -0.25) is 9.98 Å². The lowest BCUT2D eigenvalue weighted by Gasteiger charge is -2.32. The van der Waals surface area contributed by atoms with Gasteiger partial charge in [0.2, 0.25) is 0 Å². The molecule has 1 heterocycles. The fourth-order valence-corrected chi connectivity index (χ4v) is 3.11. The molecule has 1 aliphatic heterocycles. The van der Waals surface area contributed by atoms with Crippen LogP contribution in [-0.4, -0.2) is 11.4 Å². The zero-order valence-corrected chi connectivity index (χ0v) is 10.9. The maximum Gasteiger partial charge on any atom is 0.142 e. The molecule has 0 spiro atoms. The number of fused-ring (bicyclic) bond motifs is 6. The normalized spacial score (nSPS) is 23.1. The number of nitrogens with zero attached hydrogens (tertiary/aromatic N) is 2. The minimum Gasteiger partial charge on any atom is -0.279 e. The van der Waals surface area contributed by atoms with Crippen molar-refractivity contribution in [1.29, 1.82) is 0 Å². The SMILES string of the molecule is ClC1=NC2c3ccccc3-c3ccccc3C2N=C1. The first-order chi connectivity index (χ1) is 9.34. The van der Waals surface area contributed by atoms with Gasteiger partial charge in [0.1, 0.15) is 17.3 Å². The van der Waals surface area contributed by atoms with E-state index >= 15 is 0 Å². The molecule has 0 amide bonds. The number of halogens is 1. The van der Waals surface area contributed by atoms with E-state index in [1.54, 1.807) is 6.21 Å². The second kappa shape index (κ2) is 4.04. The van der Waals surface area contributed by atoms with Gasteiger partial charge in [0.05, 0.1) is 6.21 Å². The minimum absolute atomic E-state index is 0.00333. The van der Waals surface area contributed by atoms with E-state index in [9.17, 15) is 0 Å². The Labute approximate surface area is 116 Å². The maximum atomic E-state index is 6.03. The fourth-order valence-electron chi connectivity index (χ4n) is 2.95. The lowest BCUT2D eigenvalue weighted by Crippen LogP contribution is -2.19. The molecule has 3 heteroatoms. The van der Waals surface area contributed by atoms with Gasteiger partial charge < -0.3 is 0 Å². The zero-order valence-electron chi connectivity index (χ0n) is 10.1. The molecule has 0 radical (unpaired) electrons. The van der Waals surface area contributed by atoms with Crippen LogP contribution < -0.4 is 0 Å². The van der Waals surface area contributed by atoms with E-state index in [0.717, 1.165) is 0 Å². The van der Waals surface area contributed by atoms with Crippen molar-refractivity contribution in [3.63, 3.8) is 0 Å². The second-order valence-electron chi connectivity index (χ2n) is 4.79. The third-order valence-electron chi connectivity index (χ3n) is 3.75. The van der Waals surface area contributed by atoms with Gasteiger partial charge in [0.15, 0.2) is 0 Å². The van der Waals surface area contributed by atoms with E-state index in [2.05, 4.69) is 52.4 Å². The summed E-state index contributed by atoms with van der Waals surface area (Å²) in [5.41, 5.74) is 4.94. The Morgan fingerprint density at radius 3 is 2.05 bits per heavy atom. The highest BCUT2D eigenvalue weighted by Crippen LogP contribution is 2.48. The van der Waals surface area contributed by atoms with Gasteiger partial charge in [-0.2, -0.15) is 0 Å². The highest BCUT2D eigenvalue weighted by atomic mass is 35.5. The molecule has 2 nitrogen and oxygen atoms in total. The summed E-state index contributed by atoms with van der Waals surface area (Å²) in [5, 5.41) is 0.482. The molecule has 2 unspecified atom stereocenters. The Bertz CT molecular complexity index is 718. The monoisotopic (exact) mass is 266 g/mol. The quantitative estimate of drug-likeness (QED) is 0.684. The number of rotatable bonds is 0. The van der Waals surface area contributed by atoms with Gasteiger partial charge in [0, 0.05) is 0 Å². The van der Waals surface area contributed by atoms with Crippen molar-refractivity contribution in [2.75, 3.05) is 0 Å². The molecule has 0 N–H and O–H groups in total. The van der Waals surface area contributed by atoms with Crippen LogP contribution in [0.15, 0.2) is 58.5 Å². The molecule has 2 aromatic rings. The van der Waals surface area contributed by atoms with Crippen LogP contribution in [0.5, 0.6) is 0 Å². The van der Waals surface area contributed by atoms with Crippen LogP contribution in [0.3, 0.4) is 0 Å². The molecule has 0 saturated heterocycles. The molecule has 0 fully saturated rings. The largest absolute Gasteiger partial charge is 0.279 e. The predicted molar refractivity (Wildman–Crippen MR) is 79.1 cm³/mol. The molecule has 0 saturated carbocycles. The van der Waals surface area contributed by atoms with Crippen molar-refractivity contribution >= 4 is 23.0 Å². The molecule has 2 aliphatic rings. The molecule has 4 rings (SSSR count). The summed E-state index contributed by atoms with van der Waals surface area (Å²) in [6, 6.07) is 16.8. The van der Waals surface area contributed by atoms with Crippen molar-refractivity contribution in [1.82, 2.24) is 0 Å². The molecule has 19 heavy (non-hydrogen) atoms. The molecule has 0 aromatic heterocycles. The minimum atomic E-state index is 0.00333. The Hall–Kier alpha value is -1.93. The Morgan fingerprint density at radius 2 is 1.37 bits per heavy atom. The van der Waals surface area contributed by atoms with Crippen LogP contribution in [-0.2, 0) is 0 Å². The average molecular weight is 267 g/mol. The van der Waals surface area contributed by atoms with Gasteiger partial charge in [-0.25, -0.2) is 0 Å². The summed E-state index contributed by atoms with van der Waals surface area (Å²) >= 11 is 6.03. The molecule has 1 aliphatic carbocycles. The van der Waals surface area contributed by atoms with Crippen LogP contribution in [0.1, 0.15) is 23.2 Å². The first-order valence-corrected chi connectivity index (χ1v) is 6.67. The summed E-state index contributed by atoms with van der Waals surface area (Å²) in [6.45, 7) is 0. The zero-order chi connectivity index (χ0) is 12.8. The van der Waals surface area contributed by atoms with Crippen molar-refractivity contribution in [3.8, 4) is 11.1 Å². The lowest BCUT2D eigenvalue weighted by molar-refractivity contribution is 0.571. The number of aliphatic imine (C=N–C) groups is 2. The van der Waals surface area contributed by atoms with Crippen LogP contribution in [0.25, 0.3) is 11.1 Å². The molecule has 0 bridgehead atoms. The first-order valence-electron chi connectivity index (χ1n) is 6.29. The van der Waals surface area contributed by atoms with E-state index in [4.69, 9.17) is 11.6 Å². The standard InChI is InChI=1S/C16H11ClN2/c17-14-9-18-15-12-7-3-1-5-10(12)11-6-2-4-8-13(11)16(15)19-14/h1-9,15-16H. The van der Waals surface area contributed by atoms with Crippen molar-refractivity contribution < 1.29 is 0 Å². The second-order valence-corrected chi connectivity index (χ2v) is 5.18. The number of hydrogen-bond acceptors (Lipinski definition) is 2. The van der Waals surface area contributed by atoms with E-state index < -0.39 is 0 Å². The Kier molecular flexibility index (Phi) is 2.32. The summed E-state index contributed by atoms with van der Waals surface area (Å²) in [7, 11) is 0. The van der Waals surface area contributed by atoms with Gasteiger partial charge in [-0.05, 0) is 22.3 Å². The van der Waals surface area contributed by atoms with Crippen LogP contribution in [0.4, 0.5) is 0 Å². The molecule has 2 atom stereocenters. The topological polar surface area (TPSA) is 24.7 Å². The molecule has 92 valence electrons. The van der Waals surface area contributed by atoms with Crippen molar-refractivity contribution in [2.24, 2.45) is 9.98 Å². The van der Waals surface area contributed by atoms with E-state index in [-0.39, 0.29) is 12.1 Å². The predicted octanol–water partition coefficient (Wildman–Crippen LogP) is 4.17. The van der Waals surface area contributed by atoms with E-state index in [1.165, 1.54) is 22.3 Å². The highest BCUT2D eigenvalue weighted by Gasteiger charge is 2.34. The van der Waals surface area contributed by atoms with Crippen molar-refractivity contribution in [3.05, 3.63) is 59.7 Å². The fraction of sp³-hybridized carbons (Fsp3) is 0.125. The van der Waals surface area contributed by atoms with Crippen LogP contribution in [0, 0.1) is 0 Å². The third-order valence-corrected chi connectivity index (χ3v) is 3.95. The van der Waals surface area contributed by atoms with Crippen LogP contribution in [0.2, 0.25) is 0 Å². The molecule has 2 aromatic carbocycles. The average Bonchev–Trinajstić information content (AvgIpc) is 2.47. The number of hydrogen-bond donors (Lipinski definition) is 0. The van der Waals surface area contributed by atoms with E-state index in [1.807, 2.05) is 6.07 Å². The molecular formula is C16H11ClN2. The summed E-state index contributed by atoms with van der Waals surface area (Å²) in [4.78, 5) is 9.16. The summed E-state index contributed by atoms with van der Waals surface area (Å²) < 4.78 is 0. The third kappa shape index (κ3) is 1.57. The van der Waals surface area contributed by atoms with Gasteiger partial charge in [0.25, 0.3) is 0 Å². The Balaban J connectivity index is 2.03. The number of benzene rings is 2. The van der Waals surface area contributed by atoms with E-state index in [0.29, 0.717) is 5.17 Å². The summed E-state index contributed by atoms with van der Waals surface area (Å²) in [6.07, 6.45) is 1.66. The van der Waals surface area contributed by atoms with Crippen molar-refractivity contribution in [2.45, 2.75) is 12.1 Å². The van der Waals surface area contributed by atoms with Gasteiger partial charge >= 0.3 is 0 Å². The lowest BCUT2D eigenvalue weighted by atomic mass is 9.79. The van der Waals surface area contributed by atoms with Gasteiger partial charge in [-0.15, -0.1) is 0 Å². The van der Waals surface area contributed by atoms with Gasteiger partial charge in [-0.1, -0.05) is 60.1 Å².